The van der Waals surface area contributed by atoms with E-state index in [-0.39, 0.29) is 5.91 Å². The number of nitrogen functional groups attached to an aromatic ring is 1. The Morgan fingerprint density at radius 3 is 2.78 bits per heavy atom. The lowest BCUT2D eigenvalue weighted by molar-refractivity contribution is 0.103. The second kappa shape index (κ2) is 5.42. The molecule has 6 heteroatoms. The molecule has 0 saturated carbocycles. The van der Waals surface area contributed by atoms with Crippen LogP contribution >= 0.6 is 43.2 Å². The molecule has 2 rings (SSSR count). The lowest BCUT2D eigenvalue weighted by atomic mass is 10.2. The molecule has 1 amide bonds. The summed E-state index contributed by atoms with van der Waals surface area (Å²) in [5.74, 6) is -0.114. The Morgan fingerprint density at radius 1 is 1.44 bits per heavy atom. The van der Waals surface area contributed by atoms with E-state index in [4.69, 9.17) is 5.73 Å². The van der Waals surface area contributed by atoms with Crippen molar-refractivity contribution in [2.24, 2.45) is 0 Å². The lowest BCUT2D eigenvalue weighted by Crippen LogP contribution is -2.11. The van der Waals surface area contributed by atoms with E-state index < -0.39 is 0 Å². The third-order valence-electron chi connectivity index (χ3n) is 2.49. The number of halogens is 2. The molecule has 0 aliphatic carbocycles. The second-order valence-corrected chi connectivity index (χ2v) is 6.29. The maximum absolute atomic E-state index is 12.0. The van der Waals surface area contributed by atoms with Gasteiger partial charge in [0, 0.05) is 14.6 Å². The molecule has 3 nitrogen and oxygen atoms in total. The molecule has 0 fully saturated rings. The first-order chi connectivity index (χ1) is 8.50. The van der Waals surface area contributed by atoms with E-state index >= 15 is 0 Å². The fourth-order valence-electron chi connectivity index (χ4n) is 1.46. The first kappa shape index (κ1) is 13.6. The summed E-state index contributed by atoms with van der Waals surface area (Å²) in [6.45, 7) is 1.90. The molecule has 2 aromatic rings. The monoisotopic (exact) mass is 388 g/mol. The molecular formula is C12H10Br2N2OS. The van der Waals surface area contributed by atoms with Crippen molar-refractivity contribution in [1.82, 2.24) is 0 Å². The van der Waals surface area contributed by atoms with E-state index in [2.05, 4.69) is 37.2 Å². The topological polar surface area (TPSA) is 55.1 Å². The number of carbonyl (C=O) groups is 1. The SMILES string of the molecule is Cc1c(NC(=O)c2cccs2)cc(Br)c(N)c1Br. The summed E-state index contributed by atoms with van der Waals surface area (Å²) in [6, 6.07) is 5.44. The highest BCUT2D eigenvalue weighted by Gasteiger charge is 2.13. The minimum Gasteiger partial charge on any atom is -0.397 e. The summed E-state index contributed by atoms with van der Waals surface area (Å²) in [6.07, 6.45) is 0. The zero-order chi connectivity index (χ0) is 13.3. The molecule has 1 heterocycles. The Morgan fingerprint density at radius 2 is 2.17 bits per heavy atom. The summed E-state index contributed by atoms with van der Waals surface area (Å²) in [4.78, 5) is 12.7. The van der Waals surface area contributed by atoms with Crippen molar-refractivity contribution in [3.63, 3.8) is 0 Å². The molecule has 1 aromatic heterocycles. The van der Waals surface area contributed by atoms with Gasteiger partial charge in [0.2, 0.25) is 0 Å². The minimum absolute atomic E-state index is 0.114. The highest BCUT2D eigenvalue weighted by atomic mass is 79.9. The number of nitrogens with two attached hydrogens (primary N) is 1. The van der Waals surface area contributed by atoms with Crippen LogP contribution in [0.25, 0.3) is 0 Å². The predicted molar refractivity (Wildman–Crippen MR) is 83.3 cm³/mol. The Hall–Kier alpha value is -0.850. The zero-order valence-corrected chi connectivity index (χ0v) is 13.4. The lowest BCUT2D eigenvalue weighted by Gasteiger charge is -2.12. The van der Waals surface area contributed by atoms with E-state index in [1.807, 2.05) is 18.4 Å². The molecule has 0 bridgehead atoms. The van der Waals surface area contributed by atoms with Crippen LogP contribution in [0.4, 0.5) is 11.4 Å². The number of anilines is 2. The maximum atomic E-state index is 12.0. The maximum Gasteiger partial charge on any atom is 0.265 e. The van der Waals surface area contributed by atoms with Crippen LogP contribution in [-0.4, -0.2) is 5.91 Å². The first-order valence-electron chi connectivity index (χ1n) is 5.09. The molecule has 0 radical (unpaired) electrons. The summed E-state index contributed by atoms with van der Waals surface area (Å²) < 4.78 is 1.54. The van der Waals surface area contributed by atoms with Crippen LogP contribution in [0, 0.1) is 6.92 Å². The van der Waals surface area contributed by atoms with Crippen molar-refractivity contribution in [1.29, 1.82) is 0 Å². The number of thiophene rings is 1. The van der Waals surface area contributed by atoms with Crippen LogP contribution in [0.15, 0.2) is 32.5 Å². The molecule has 0 atom stereocenters. The van der Waals surface area contributed by atoms with Gasteiger partial charge >= 0.3 is 0 Å². The van der Waals surface area contributed by atoms with E-state index in [1.54, 1.807) is 12.1 Å². The number of nitrogens with one attached hydrogen (secondary N) is 1. The Bertz CT molecular complexity index is 597. The van der Waals surface area contributed by atoms with Crippen molar-refractivity contribution < 1.29 is 4.79 Å². The van der Waals surface area contributed by atoms with Gasteiger partial charge in [0.05, 0.1) is 10.6 Å². The molecule has 1 aromatic carbocycles. The quantitative estimate of drug-likeness (QED) is 0.747. The van der Waals surface area contributed by atoms with Crippen molar-refractivity contribution in [3.05, 3.63) is 43.0 Å². The van der Waals surface area contributed by atoms with Crippen LogP contribution in [0.5, 0.6) is 0 Å². The number of rotatable bonds is 2. The molecular weight excluding hydrogens is 380 g/mol. The summed E-state index contributed by atoms with van der Waals surface area (Å²) >= 11 is 8.19. The summed E-state index contributed by atoms with van der Waals surface area (Å²) in [7, 11) is 0. The standard InChI is InChI=1S/C12H10Br2N2OS/c1-6-8(5-7(13)11(15)10(6)14)16-12(17)9-3-2-4-18-9/h2-5H,15H2,1H3,(H,16,17). The molecule has 0 aliphatic rings. The third-order valence-corrected chi connectivity index (χ3v) is 5.04. The van der Waals surface area contributed by atoms with Gasteiger partial charge in [0.25, 0.3) is 5.91 Å². The Balaban J connectivity index is 2.33. The van der Waals surface area contributed by atoms with Crippen LogP contribution in [0.2, 0.25) is 0 Å². The van der Waals surface area contributed by atoms with Crippen LogP contribution in [0.3, 0.4) is 0 Å². The van der Waals surface area contributed by atoms with Crippen molar-refractivity contribution in [2.45, 2.75) is 6.92 Å². The smallest absolute Gasteiger partial charge is 0.265 e. The van der Waals surface area contributed by atoms with Crippen molar-refractivity contribution in [2.75, 3.05) is 11.1 Å². The van der Waals surface area contributed by atoms with Gasteiger partial charge in [0.1, 0.15) is 0 Å². The van der Waals surface area contributed by atoms with Gasteiger partial charge in [-0.25, -0.2) is 0 Å². The molecule has 0 aliphatic heterocycles. The largest absolute Gasteiger partial charge is 0.397 e. The van der Waals surface area contributed by atoms with Crippen molar-refractivity contribution >= 4 is 60.5 Å². The normalized spacial score (nSPS) is 10.4. The molecule has 18 heavy (non-hydrogen) atoms. The average Bonchev–Trinajstić information content (AvgIpc) is 2.87. The Labute approximate surface area is 126 Å². The minimum atomic E-state index is -0.114. The van der Waals surface area contributed by atoms with Gasteiger partial charge in [-0.15, -0.1) is 11.3 Å². The highest BCUT2D eigenvalue weighted by molar-refractivity contribution is 9.11. The van der Waals surface area contributed by atoms with E-state index in [1.165, 1.54) is 11.3 Å². The molecule has 0 spiro atoms. The molecule has 0 unspecified atom stereocenters. The van der Waals surface area contributed by atoms with Gasteiger partial charge < -0.3 is 11.1 Å². The highest BCUT2D eigenvalue weighted by Crippen LogP contribution is 2.36. The number of hydrogen-bond acceptors (Lipinski definition) is 3. The number of amides is 1. The summed E-state index contributed by atoms with van der Waals surface area (Å²) in [5.41, 5.74) is 8.14. The van der Waals surface area contributed by atoms with E-state index in [9.17, 15) is 4.79 Å². The van der Waals surface area contributed by atoms with Crippen molar-refractivity contribution in [3.8, 4) is 0 Å². The predicted octanol–water partition coefficient (Wildman–Crippen LogP) is 4.42. The van der Waals surface area contributed by atoms with Crippen LogP contribution in [-0.2, 0) is 0 Å². The fraction of sp³-hybridized carbons (Fsp3) is 0.0833. The number of hydrogen-bond donors (Lipinski definition) is 2. The van der Waals surface area contributed by atoms with Gasteiger partial charge in [-0.05, 0) is 61.9 Å². The van der Waals surface area contributed by atoms with Gasteiger partial charge in [-0.2, -0.15) is 0 Å². The molecule has 0 saturated heterocycles. The molecule has 3 N–H and O–H groups in total. The van der Waals surface area contributed by atoms with Crippen LogP contribution in [0.1, 0.15) is 15.2 Å². The third kappa shape index (κ3) is 2.60. The number of carbonyl (C=O) groups excluding carboxylic acids is 1. The van der Waals surface area contributed by atoms with Crippen LogP contribution < -0.4 is 11.1 Å². The average molecular weight is 390 g/mol. The second-order valence-electron chi connectivity index (χ2n) is 3.69. The fourth-order valence-corrected chi connectivity index (χ4v) is 3.20. The summed E-state index contributed by atoms with van der Waals surface area (Å²) in [5, 5.41) is 4.75. The molecule has 94 valence electrons. The number of benzene rings is 1. The van der Waals surface area contributed by atoms with E-state index in [0.717, 1.165) is 20.2 Å². The Kier molecular flexibility index (Phi) is 4.09. The van der Waals surface area contributed by atoms with Gasteiger partial charge in [-0.1, -0.05) is 6.07 Å². The van der Waals surface area contributed by atoms with E-state index in [0.29, 0.717) is 10.6 Å². The first-order valence-corrected chi connectivity index (χ1v) is 7.56. The zero-order valence-electron chi connectivity index (χ0n) is 9.46. The van der Waals surface area contributed by atoms with Gasteiger partial charge in [-0.3, -0.25) is 4.79 Å². The van der Waals surface area contributed by atoms with Gasteiger partial charge in [0.15, 0.2) is 0 Å².